The van der Waals surface area contributed by atoms with Gasteiger partial charge in [-0.25, -0.2) is 4.39 Å². The molecule has 2 aromatic rings. The van der Waals surface area contributed by atoms with E-state index in [9.17, 15) is 9.18 Å². The first kappa shape index (κ1) is 15.2. The van der Waals surface area contributed by atoms with E-state index in [1.54, 1.807) is 18.2 Å². The number of halogens is 1. The molecule has 2 aromatic carbocycles. The highest BCUT2D eigenvalue weighted by Crippen LogP contribution is 2.09. The maximum Gasteiger partial charge on any atom is 0.238 e. The first-order valence-electron chi connectivity index (χ1n) is 7.02. The molecule has 0 heterocycles. The van der Waals surface area contributed by atoms with E-state index < -0.39 is 0 Å². The average molecular weight is 286 g/mol. The van der Waals surface area contributed by atoms with Gasteiger partial charge in [-0.3, -0.25) is 4.79 Å². The molecule has 0 aliphatic rings. The predicted octanol–water partition coefficient (Wildman–Crippen LogP) is 3.12. The zero-order chi connectivity index (χ0) is 15.1. The lowest BCUT2D eigenvalue weighted by Crippen LogP contribution is -2.28. The Morgan fingerprint density at radius 3 is 2.48 bits per heavy atom. The van der Waals surface area contributed by atoms with Gasteiger partial charge < -0.3 is 10.6 Å². The predicted molar refractivity (Wildman–Crippen MR) is 82.6 cm³/mol. The van der Waals surface area contributed by atoms with E-state index in [2.05, 4.69) is 17.6 Å². The molecule has 4 heteroatoms. The van der Waals surface area contributed by atoms with Crippen molar-refractivity contribution in [1.29, 1.82) is 0 Å². The highest BCUT2D eigenvalue weighted by Gasteiger charge is 2.04. The third-order valence-electron chi connectivity index (χ3n) is 3.20. The molecule has 1 amide bonds. The van der Waals surface area contributed by atoms with Crippen LogP contribution in [0.25, 0.3) is 0 Å². The molecule has 0 radical (unpaired) electrons. The van der Waals surface area contributed by atoms with Gasteiger partial charge in [-0.1, -0.05) is 37.3 Å². The lowest BCUT2D eigenvalue weighted by molar-refractivity contribution is -0.115. The van der Waals surface area contributed by atoms with Gasteiger partial charge in [0, 0.05) is 17.8 Å². The second-order valence-corrected chi connectivity index (χ2v) is 4.79. The number of hydrogen-bond donors (Lipinski definition) is 2. The van der Waals surface area contributed by atoms with E-state index >= 15 is 0 Å². The molecule has 110 valence electrons. The van der Waals surface area contributed by atoms with Crippen LogP contribution in [-0.2, 0) is 17.8 Å². The molecule has 0 fully saturated rings. The van der Waals surface area contributed by atoms with E-state index in [1.165, 1.54) is 11.6 Å². The quantitative estimate of drug-likeness (QED) is 0.856. The number of benzene rings is 2. The molecule has 0 bridgehead atoms. The molecule has 0 aromatic heterocycles. The third-order valence-corrected chi connectivity index (χ3v) is 3.20. The Morgan fingerprint density at radius 1 is 1.10 bits per heavy atom. The Morgan fingerprint density at radius 2 is 1.81 bits per heavy atom. The van der Waals surface area contributed by atoms with Gasteiger partial charge in [0.05, 0.1) is 6.54 Å². The lowest BCUT2D eigenvalue weighted by Gasteiger charge is -2.08. The van der Waals surface area contributed by atoms with Crippen LogP contribution in [0.1, 0.15) is 18.1 Å². The molecule has 2 rings (SSSR count). The Labute approximate surface area is 124 Å². The van der Waals surface area contributed by atoms with Gasteiger partial charge in [0.25, 0.3) is 0 Å². The first-order valence-corrected chi connectivity index (χ1v) is 7.02. The van der Waals surface area contributed by atoms with Crippen molar-refractivity contribution < 1.29 is 9.18 Å². The second kappa shape index (κ2) is 7.55. The van der Waals surface area contributed by atoms with Gasteiger partial charge >= 0.3 is 0 Å². The smallest absolute Gasteiger partial charge is 0.238 e. The van der Waals surface area contributed by atoms with Gasteiger partial charge in [-0.2, -0.15) is 0 Å². The number of hydrogen-bond acceptors (Lipinski definition) is 2. The Kier molecular flexibility index (Phi) is 5.46. The zero-order valence-corrected chi connectivity index (χ0v) is 12.0. The normalized spacial score (nSPS) is 10.4. The minimum absolute atomic E-state index is 0.143. The van der Waals surface area contributed by atoms with Gasteiger partial charge in [-0.15, -0.1) is 0 Å². The summed E-state index contributed by atoms with van der Waals surface area (Å²) in [5.74, 6) is -0.406. The molecule has 0 aliphatic heterocycles. The molecule has 0 saturated carbocycles. The molecular formula is C17H19FN2O. The van der Waals surface area contributed by atoms with Crippen molar-refractivity contribution in [2.24, 2.45) is 0 Å². The van der Waals surface area contributed by atoms with Crippen molar-refractivity contribution in [3.8, 4) is 0 Å². The van der Waals surface area contributed by atoms with Gasteiger partial charge in [0.2, 0.25) is 5.91 Å². The molecule has 3 nitrogen and oxygen atoms in total. The molecule has 0 spiro atoms. The van der Waals surface area contributed by atoms with Crippen LogP contribution < -0.4 is 10.6 Å². The second-order valence-electron chi connectivity index (χ2n) is 4.79. The summed E-state index contributed by atoms with van der Waals surface area (Å²) in [5.41, 5.74) is 2.55. The number of nitrogens with one attached hydrogen (secondary N) is 2. The van der Waals surface area contributed by atoms with E-state index in [1.807, 2.05) is 24.3 Å². The standard InChI is InChI=1S/C17H19FN2O/c1-2-13-7-9-15(10-8-13)20-17(21)12-19-11-14-5-3-4-6-16(14)18/h3-10,19H,2,11-12H2,1H3,(H,20,21). The Balaban J connectivity index is 1.78. The number of amides is 1. The van der Waals surface area contributed by atoms with Crippen molar-refractivity contribution in [2.45, 2.75) is 19.9 Å². The fraction of sp³-hybridized carbons (Fsp3) is 0.235. The highest BCUT2D eigenvalue weighted by molar-refractivity contribution is 5.92. The van der Waals surface area contributed by atoms with Crippen LogP contribution in [0.5, 0.6) is 0 Å². The summed E-state index contributed by atoms with van der Waals surface area (Å²) in [6.07, 6.45) is 0.971. The highest BCUT2D eigenvalue weighted by atomic mass is 19.1. The van der Waals surface area contributed by atoms with E-state index in [0.717, 1.165) is 12.1 Å². The van der Waals surface area contributed by atoms with E-state index in [4.69, 9.17) is 0 Å². The van der Waals surface area contributed by atoms with Crippen molar-refractivity contribution in [1.82, 2.24) is 5.32 Å². The summed E-state index contributed by atoms with van der Waals surface area (Å²) in [5, 5.41) is 5.73. The first-order chi connectivity index (χ1) is 10.2. The van der Waals surface area contributed by atoms with E-state index in [-0.39, 0.29) is 18.3 Å². The largest absolute Gasteiger partial charge is 0.325 e. The summed E-state index contributed by atoms with van der Waals surface area (Å²) in [7, 11) is 0. The van der Waals surface area contributed by atoms with Crippen LogP contribution in [0.2, 0.25) is 0 Å². The van der Waals surface area contributed by atoms with E-state index in [0.29, 0.717) is 12.1 Å². The zero-order valence-electron chi connectivity index (χ0n) is 12.0. The number of aryl methyl sites for hydroxylation is 1. The fourth-order valence-electron chi connectivity index (χ4n) is 1.98. The summed E-state index contributed by atoms with van der Waals surface area (Å²) in [6.45, 7) is 2.55. The molecule has 0 atom stereocenters. The number of rotatable bonds is 6. The average Bonchev–Trinajstić information content (AvgIpc) is 2.50. The molecule has 0 aliphatic carbocycles. The maximum absolute atomic E-state index is 13.4. The number of carbonyl (C=O) groups is 1. The van der Waals surface area contributed by atoms with Crippen molar-refractivity contribution in [3.05, 3.63) is 65.5 Å². The summed E-state index contributed by atoms with van der Waals surface area (Å²) in [4.78, 5) is 11.8. The van der Waals surface area contributed by atoms with Gasteiger partial charge in [0.15, 0.2) is 0 Å². The number of carbonyl (C=O) groups excluding carboxylic acids is 1. The Bertz CT molecular complexity index is 596. The monoisotopic (exact) mass is 286 g/mol. The van der Waals surface area contributed by atoms with Crippen molar-refractivity contribution in [2.75, 3.05) is 11.9 Å². The SMILES string of the molecule is CCc1ccc(NC(=O)CNCc2ccccc2F)cc1. The molecule has 0 saturated heterocycles. The topological polar surface area (TPSA) is 41.1 Å². The van der Waals surface area contributed by atoms with Crippen LogP contribution in [0.4, 0.5) is 10.1 Å². The van der Waals surface area contributed by atoms with Gasteiger partial charge in [0.1, 0.15) is 5.82 Å². The third kappa shape index (κ3) is 4.68. The minimum atomic E-state index is -0.263. The van der Waals surface area contributed by atoms with Gasteiger partial charge in [-0.05, 0) is 30.2 Å². The fourth-order valence-corrected chi connectivity index (χ4v) is 1.98. The number of anilines is 1. The van der Waals surface area contributed by atoms with Crippen LogP contribution in [0.15, 0.2) is 48.5 Å². The van der Waals surface area contributed by atoms with Crippen molar-refractivity contribution >= 4 is 11.6 Å². The summed E-state index contributed by atoms with van der Waals surface area (Å²) < 4.78 is 13.4. The van der Waals surface area contributed by atoms with Crippen LogP contribution in [0, 0.1) is 5.82 Å². The summed E-state index contributed by atoms with van der Waals surface area (Å²) in [6, 6.07) is 14.3. The molecule has 2 N–H and O–H groups in total. The Hall–Kier alpha value is -2.20. The molecular weight excluding hydrogens is 267 g/mol. The molecule has 21 heavy (non-hydrogen) atoms. The maximum atomic E-state index is 13.4. The lowest BCUT2D eigenvalue weighted by atomic mass is 10.1. The van der Waals surface area contributed by atoms with Crippen LogP contribution >= 0.6 is 0 Å². The molecule has 0 unspecified atom stereocenters. The van der Waals surface area contributed by atoms with Crippen LogP contribution in [-0.4, -0.2) is 12.5 Å². The summed E-state index contributed by atoms with van der Waals surface area (Å²) >= 11 is 0. The van der Waals surface area contributed by atoms with Crippen molar-refractivity contribution in [3.63, 3.8) is 0 Å². The van der Waals surface area contributed by atoms with Crippen LogP contribution in [0.3, 0.4) is 0 Å². The minimum Gasteiger partial charge on any atom is -0.325 e.